The van der Waals surface area contributed by atoms with Crippen LogP contribution in [0.3, 0.4) is 0 Å². The van der Waals surface area contributed by atoms with Crippen molar-refractivity contribution in [3.8, 4) is 0 Å². The lowest BCUT2D eigenvalue weighted by molar-refractivity contribution is -0.870. The van der Waals surface area contributed by atoms with E-state index in [1.165, 1.54) is 180 Å². The number of allylic oxidation sites excluding steroid dienone is 15. The quantitative estimate of drug-likeness (QED) is 0.0243. The van der Waals surface area contributed by atoms with Gasteiger partial charge in [-0.25, -0.2) is 4.57 Å². The second-order valence-corrected chi connectivity index (χ2v) is 24.5. The maximum absolute atomic E-state index is 13.0. The Morgan fingerprint density at radius 2 is 0.782 bits per heavy atom. The largest absolute Gasteiger partial charge is 0.472 e. The van der Waals surface area contributed by atoms with E-state index in [9.17, 15) is 19.4 Å². The van der Waals surface area contributed by atoms with Crippen LogP contribution in [0.4, 0.5) is 0 Å². The number of phosphoric acid groups is 1. The Morgan fingerprint density at radius 3 is 1.18 bits per heavy atom. The Bertz CT molecular complexity index is 1590. The van der Waals surface area contributed by atoms with Gasteiger partial charge in [-0.05, 0) is 89.9 Å². The molecule has 0 rings (SSSR count). The number of nitrogens with one attached hydrogen (secondary N) is 1. The highest BCUT2D eigenvalue weighted by Crippen LogP contribution is 2.43. The van der Waals surface area contributed by atoms with Crippen molar-refractivity contribution in [3.05, 3.63) is 97.2 Å². The molecule has 0 saturated heterocycles. The van der Waals surface area contributed by atoms with Crippen LogP contribution in [0.1, 0.15) is 284 Å². The number of hydrogen-bond donors (Lipinski definition) is 3. The minimum atomic E-state index is -4.37. The van der Waals surface area contributed by atoms with Crippen LogP contribution in [0.5, 0.6) is 0 Å². The van der Waals surface area contributed by atoms with Crippen LogP contribution in [-0.2, 0) is 18.4 Å². The average Bonchev–Trinajstić information content (AvgIpc) is 3.41. The molecule has 0 aromatic rings. The molecule has 0 aromatic carbocycles. The highest BCUT2D eigenvalue weighted by Gasteiger charge is 2.27. The van der Waals surface area contributed by atoms with E-state index in [2.05, 4.69) is 104 Å². The van der Waals surface area contributed by atoms with Crippen LogP contribution in [0.25, 0.3) is 0 Å². The third kappa shape index (κ3) is 61.0. The van der Waals surface area contributed by atoms with Gasteiger partial charge in [0.2, 0.25) is 5.91 Å². The molecular weight excluding hydrogens is 984 g/mol. The summed E-state index contributed by atoms with van der Waals surface area (Å²) in [5, 5.41) is 14.0. The lowest BCUT2D eigenvalue weighted by Gasteiger charge is -2.25. The minimum Gasteiger partial charge on any atom is -0.387 e. The zero-order valence-electron chi connectivity index (χ0n) is 51.6. The molecule has 0 fully saturated rings. The fourth-order valence-corrected chi connectivity index (χ4v) is 9.96. The van der Waals surface area contributed by atoms with Crippen LogP contribution >= 0.6 is 7.82 Å². The highest BCUT2D eigenvalue weighted by atomic mass is 31.2. The van der Waals surface area contributed by atoms with E-state index < -0.39 is 20.0 Å². The van der Waals surface area contributed by atoms with Crippen LogP contribution < -0.4 is 5.32 Å². The van der Waals surface area contributed by atoms with Gasteiger partial charge < -0.3 is 19.8 Å². The summed E-state index contributed by atoms with van der Waals surface area (Å²) in [5.41, 5.74) is 0. The topological polar surface area (TPSA) is 105 Å². The number of unbranched alkanes of at least 4 members (excludes halogenated alkanes) is 32. The number of amides is 1. The van der Waals surface area contributed by atoms with Crippen molar-refractivity contribution in [2.24, 2.45) is 0 Å². The molecule has 452 valence electrons. The van der Waals surface area contributed by atoms with Gasteiger partial charge >= 0.3 is 7.82 Å². The molecule has 0 saturated carbocycles. The van der Waals surface area contributed by atoms with Crippen molar-refractivity contribution < 1.29 is 32.9 Å². The molecule has 0 spiro atoms. The summed E-state index contributed by atoms with van der Waals surface area (Å²) in [4.78, 5) is 23.4. The zero-order chi connectivity index (χ0) is 57.0. The predicted molar refractivity (Wildman–Crippen MR) is 341 cm³/mol. The van der Waals surface area contributed by atoms with E-state index in [4.69, 9.17) is 9.05 Å². The Hall–Kier alpha value is -2.58. The predicted octanol–water partition coefficient (Wildman–Crippen LogP) is 20.5. The number of quaternary nitrogens is 1. The molecule has 0 bridgehead atoms. The van der Waals surface area contributed by atoms with Gasteiger partial charge in [-0.3, -0.25) is 13.8 Å². The van der Waals surface area contributed by atoms with Crippen LogP contribution in [0, 0.1) is 0 Å². The van der Waals surface area contributed by atoms with Gasteiger partial charge in [-0.2, -0.15) is 0 Å². The Morgan fingerprint density at radius 1 is 0.449 bits per heavy atom. The van der Waals surface area contributed by atoms with Gasteiger partial charge in [0.1, 0.15) is 13.2 Å². The number of nitrogens with zero attached hydrogens (tertiary/aromatic N) is 1. The summed E-state index contributed by atoms with van der Waals surface area (Å²) in [6.45, 7) is 4.69. The molecule has 0 aliphatic heterocycles. The van der Waals surface area contributed by atoms with Crippen LogP contribution in [0.15, 0.2) is 97.2 Å². The number of hydrogen-bond acceptors (Lipinski definition) is 5. The maximum Gasteiger partial charge on any atom is 0.472 e. The van der Waals surface area contributed by atoms with Crippen LogP contribution in [-0.4, -0.2) is 73.4 Å². The monoisotopic (exact) mass is 1110 g/mol. The molecule has 0 heterocycles. The average molecular weight is 1110 g/mol. The number of aliphatic hydroxyl groups is 1. The van der Waals surface area contributed by atoms with Gasteiger partial charge in [0.05, 0.1) is 39.9 Å². The van der Waals surface area contributed by atoms with E-state index in [0.717, 1.165) is 83.5 Å². The molecule has 1 amide bonds. The minimum absolute atomic E-state index is 0.0477. The second kappa shape index (κ2) is 59.1. The molecule has 8 nitrogen and oxygen atoms in total. The number of rotatable bonds is 59. The summed E-state index contributed by atoms with van der Waals surface area (Å²) in [6.07, 6.45) is 85.4. The lowest BCUT2D eigenvalue weighted by atomic mass is 10.0. The van der Waals surface area contributed by atoms with Crippen molar-refractivity contribution in [1.82, 2.24) is 5.32 Å². The molecule has 9 heteroatoms. The summed E-state index contributed by atoms with van der Waals surface area (Å²) in [7, 11) is 1.53. The van der Waals surface area contributed by atoms with E-state index >= 15 is 0 Å². The molecule has 0 aliphatic carbocycles. The fraction of sp³-hybridized carbons (Fsp3) is 0.754. The highest BCUT2D eigenvalue weighted by molar-refractivity contribution is 7.47. The molecular formula is C69H126N2O6P+. The number of aliphatic hydroxyl groups excluding tert-OH is 1. The van der Waals surface area contributed by atoms with Crippen molar-refractivity contribution in [2.75, 3.05) is 40.9 Å². The first-order valence-electron chi connectivity index (χ1n) is 32.6. The van der Waals surface area contributed by atoms with Crippen molar-refractivity contribution in [2.45, 2.75) is 296 Å². The van der Waals surface area contributed by atoms with Gasteiger partial charge in [0.25, 0.3) is 0 Å². The molecule has 0 aromatic heterocycles. The lowest BCUT2D eigenvalue weighted by Crippen LogP contribution is -2.45. The van der Waals surface area contributed by atoms with Gasteiger partial charge in [0.15, 0.2) is 0 Å². The first-order chi connectivity index (χ1) is 38.0. The maximum atomic E-state index is 13.0. The van der Waals surface area contributed by atoms with E-state index in [-0.39, 0.29) is 19.1 Å². The van der Waals surface area contributed by atoms with Gasteiger partial charge in [-0.1, -0.05) is 284 Å². The van der Waals surface area contributed by atoms with Gasteiger partial charge in [0, 0.05) is 6.42 Å². The molecule has 3 N–H and O–H groups in total. The van der Waals surface area contributed by atoms with E-state index in [1.807, 2.05) is 27.2 Å². The standard InChI is InChI=1S/C69H125N2O6P/c1-6-8-10-12-14-16-18-20-22-24-26-28-30-32-33-34-35-36-37-39-40-42-44-46-48-50-52-54-56-58-60-62-68(72)67(66-77-78(74,75)76-65-64-71(3,4)5)70-69(73)63-61-59-57-55-53-51-49-47-45-43-41-38-31-29-27-25-23-21-19-17-15-13-11-9-7-2/h9,11,15,17,21,23,27,29,38,41,44,46,52,54,60,62,67-68,72H,6-8,10,12-14,16,18-20,22,24-26,28,30-37,39-40,42-43,45,47-51,53,55-59,61,63-66H2,1-5H3,(H-,70,73,74,75)/p+1/b11-9-,17-15-,23-21-,29-27-,41-38-,46-44+,54-52+,62-60+. The SMILES string of the molecule is CC/C=C\C/C=C\C/C=C\C/C=C\C/C=C\CCCCCCCCCCCC(=O)NC(COP(=O)(O)OCC[N+](C)(C)C)C(O)/C=C/CC/C=C/CC/C=C/CCCCCCCCCCCCCCCCCCCCCCC. The number of phosphoric ester groups is 1. The van der Waals surface area contributed by atoms with Crippen molar-refractivity contribution >= 4 is 13.7 Å². The van der Waals surface area contributed by atoms with Crippen LogP contribution in [0.2, 0.25) is 0 Å². The first-order valence-corrected chi connectivity index (χ1v) is 34.1. The molecule has 0 radical (unpaired) electrons. The molecule has 0 aliphatic rings. The number of carbonyl (C=O) groups is 1. The summed E-state index contributed by atoms with van der Waals surface area (Å²) < 4.78 is 23.7. The second-order valence-electron chi connectivity index (χ2n) is 23.1. The molecule has 78 heavy (non-hydrogen) atoms. The zero-order valence-corrected chi connectivity index (χ0v) is 52.5. The number of carbonyl (C=O) groups excluding carboxylic acids is 1. The first kappa shape index (κ1) is 75.4. The third-order valence-corrected chi connectivity index (χ3v) is 15.2. The summed E-state index contributed by atoms with van der Waals surface area (Å²) in [6, 6.07) is -0.881. The Labute approximate surface area is 483 Å². The van der Waals surface area contributed by atoms with Gasteiger partial charge in [-0.15, -0.1) is 0 Å². The van der Waals surface area contributed by atoms with E-state index in [0.29, 0.717) is 17.4 Å². The summed E-state index contributed by atoms with van der Waals surface area (Å²) in [5.74, 6) is -0.199. The smallest absolute Gasteiger partial charge is 0.387 e. The molecule has 3 atom stereocenters. The number of likely N-dealkylation sites (N-methyl/N-ethyl adjacent to an activating group) is 1. The summed E-state index contributed by atoms with van der Waals surface area (Å²) >= 11 is 0. The van der Waals surface area contributed by atoms with Crippen molar-refractivity contribution in [1.29, 1.82) is 0 Å². The fourth-order valence-electron chi connectivity index (χ4n) is 9.22. The Kier molecular flexibility index (Phi) is 57.1. The Balaban J connectivity index is 4.22. The normalized spacial score (nSPS) is 14.4. The van der Waals surface area contributed by atoms with Crippen molar-refractivity contribution in [3.63, 3.8) is 0 Å². The molecule has 3 unspecified atom stereocenters. The third-order valence-electron chi connectivity index (χ3n) is 14.3. The van der Waals surface area contributed by atoms with E-state index in [1.54, 1.807) is 6.08 Å².